The van der Waals surface area contributed by atoms with Crippen LogP contribution in [0.1, 0.15) is 12.8 Å². The average Bonchev–Trinajstić information content (AvgIpc) is 2.39. The molecule has 1 aliphatic heterocycles. The normalized spacial score (nSPS) is 18.5. The monoisotopic (exact) mass is 200 g/mol. The summed E-state index contributed by atoms with van der Waals surface area (Å²) in [6.45, 7) is 2.57. The molecule has 0 aromatic carbocycles. The van der Waals surface area contributed by atoms with Crippen molar-refractivity contribution in [1.29, 1.82) is 0 Å². The van der Waals surface area contributed by atoms with Gasteiger partial charge in [-0.2, -0.15) is 0 Å². The third-order valence-corrected chi connectivity index (χ3v) is 2.20. The number of carbonyl (C=O) groups excluding carboxylic acids is 2. The number of nitrogens with zero attached hydrogens (tertiary/aromatic N) is 1. The molecule has 0 unspecified atom stereocenters. The number of rotatable bonds is 3. The van der Waals surface area contributed by atoms with Crippen molar-refractivity contribution in [2.45, 2.75) is 12.8 Å². The molecule has 0 spiro atoms. The Bertz CT molecular complexity index is 218. The van der Waals surface area contributed by atoms with Gasteiger partial charge in [0.1, 0.15) is 0 Å². The van der Waals surface area contributed by atoms with Crippen LogP contribution in [0.5, 0.6) is 0 Å². The van der Waals surface area contributed by atoms with Crippen LogP contribution in [-0.4, -0.2) is 50.1 Å². The first-order chi connectivity index (χ1) is 6.72. The molecule has 80 valence electrons. The number of nitrogens with one attached hydrogen (secondary N) is 1. The zero-order valence-corrected chi connectivity index (χ0v) is 8.41. The van der Waals surface area contributed by atoms with E-state index < -0.39 is 0 Å². The van der Waals surface area contributed by atoms with E-state index in [-0.39, 0.29) is 11.9 Å². The van der Waals surface area contributed by atoms with Crippen molar-refractivity contribution in [2.24, 2.45) is 0 Å². The number of hydrogen-bond acceptors (Lipinski definition) is 4. The number of ether oxygens (including phenoxy) is 1. The number of esters is 1. The molecule has 1 fully saturated rings. The summed E-state index contributed by atoms with van der Waals surface area (Å²) >= 11 is 0. The summed E-state index contributed by atoms with van der Waals surface area (Å²) in [5.74, 6) is -0.193. The van der Waals surface area contributed by atoms with Crippen molar-refractivity contribution < 1.29 is 14.3 Å². The van der Waals surface area contributed by atoms with E-state index in [4.69, 9.17) is 0 Å². The molecule has 0 bridgehead atoms. The minimum atomic E-state index is -0.227. The van der Waals surface area contributed by atoms with Gasteiger partial charge in [0.15, 0.2) is 0 Å². The Morgan fingerprint density at radius 1 is 1.64 bits per heavy atom. The van der Waals surface area contributed by atoms with E-state index in [0.717, 1.165) is 19.5 Å². The lowest BCUT2D eigenvalue weighted by molar-refractivity contribution is -0.141. The summed E-state index contributed by atoms with van der Waals surface area (Å²) < 4.78 is 4.53. The molecule has 0 atom stereocenters. The highest BCUT2D eigenvalue weighted by molar-refractivity contribution is 5.78. The number of methoxy groups -OCH3 is 1. The molecule has 0 radical (unpaired) electrons. The van der Waals surface area contributed by atoms with Gasteiger partial charge in [0.25, 0.3) is 0 Å². The lowest BCUT2D eigenvalue weighted by atomic mass is 10.3. The molecule has 0 aliphatic carbocycles. The summed E-state index contributed by atoms with van der Waals surface area (Å²) in [5, 5.41) is 2.78. The van der Waals surface area contributed by atoms with E-state index >= 15 is 0 Å². The fourth-order valence-corrected chi connectivity index (χ4v) is 1.41. The number of amides is 1. The summed E-state index contributed by atoms with van der Waals surface area (Å²) in [5.41, 5.74) is 0. The zero-order valence-electron chi connectivity index (χ0n) is 8.41. The van der Waals surface area contributed by atoms with Crippen LogP contribution >= 0.6 is 0 Å². The lowest BCUT2D eigenvalue weighted by Gasteiger charge is -2.17. The topological polar surface area (TPSA) is 58.6 Å². The second kappa shape index (κ2) is 5.59. The Kier molecular flexibility index (Phi) is 4.39. The van der Waals surface area contributed by atoms with Crippen LogP contribution < -0.4 is 5.32 Å². The molecule has 1 rings (SSSR count). The van der Waals surface area contributed by atoms with E-state index in [2.05, 4.69) is 10.1 Å². The van der Waals surface area contributed by atoms with Crippen molar-refractivity contribution in [2.75, 3.05) is 33.3 Å². The van der Waals surface area contributed by atoms with E-state index in [1.54, 1.807) is 0 Å². The lowest BCUT2D eigenvalue weighted by Crippen LogP contribution is -2.34. The largest absolute Gasteiger partial charge is 0.469 e. The molecule has 1 heterocycles. The molecule has 0 saturated carbocycles. The van der Waals surface area contributed by atoms with Crippen molar-refractivity contribution in [1.82, 2.24) is 10.2 Å². The Labute approximate surface area is 83.4 Å². The molecule has 0 aromatic rings. The summed E-state index contributed by atoms with van der Waals surface area (Å²) in [7, 11) is 1.37. The minimum Gasteiger partial charge on any atom is -0.469 e. The smallest absolute Gasteiger partial charge is 0.306 e. The second-order valence-corrected chi connectivity index (χ2v) is 3.31. The maximum absolute atomic E-state index is 11.1. The van der Waals surface area contributed by atoms with Gasteiger partial charge in [-0.05, 0) is 6.42 Å². The minimum absolute atomic E-state index is 0.0346. The fourth-order valence-electron chi connectivity index (χ4n) is 1.41. The van der Waals surface area contributed by atoms with Gasteiger partial charge >= 0.3 is 5.97 Å². The van der Waals surface area contributed by atoms with Crippen LogP contribution in [0.4, 0.5) is 0 Å². The third-order valence-electron chi connectivity index (χ3n) is 2.20. The first-order valence-electron chi connectivity index (χ1n) is 4.78. The van der Waals surface area contributed by atoms with Crippen LogP contribution in [-0.2, 0) is 14.3 Å². The fraction of sp³-hybridized carbons (Fsp3) is 0.778. The predicted molar refractivity (Wildman–Crippen MR) is 50.7 cm³/mol. The van der Waals surface area contributed by atoms with Gasteiger partial charge in [-0.15, -0.1) is 0 Å². The number of hydrogen-bond donors (Lipinski definition) is 1. The Morgan fingerprint density at radius 3 is 3.14 bits per heavy atom. The Morgan fingerprint density at radius 2 is 2.43 bits per heavy atom. The van der Waals surface area contributed by atoms with E-state index in [1.165, 1.54) is 7.11 Å². The summed E-state index contributed by atoms with van der Waals surface area (Å²) in [4.78, 5) is 24.0. The van der Waals surface area contributed by atoms with Gasteiger partial charge in [0.05, 0.1) is 20.1 Å². The van der Waals surface area contributed by atoms with Crippen LogP contribution in [0.15, 0.2) is 0 Å². The van der Waals surface area contributed by atoms with Gasteiger partial charge in [-0.1, -0.05) is 0 Å². The van der Waals surface area contributed by atoms with E-state index in [0.29, 0.717) is 19.5 Å². The van der Waals surface area contributed by atoms with Crippen LogP contribution in [0.25, 0.3) is 0 Å². The molecule has 1 N–H and O–H groups in total. The highest BCUT2D eigenvalue weighted by Gasteiger charge is 2.15. The zero-order chi connectivity index (χ0) is 10.4. The highest BCUT2D eigenvalue weighted by Crippen LogP contribution is 1.98. The van der Waals surface area contributed by atoms with Crippen LogP contribution in [0.2, 0.25) is 0 Å². The first-order valence-corrected chi connectivity index (χ1v) is 4.78. The van der Waals surface area contributed by atoms with Gasteiger partial charge in [0, 0.05) is 19.6 Å². The third kappa shape index (κ3) is 3.74. The van der Waals surface area contributed by atoms with Gasteiger partial charge < -0.3 is 10.1 Å². The standard InChI is InChI=1S/C9H16N2O3/c1-14-9(13)3-6-11-5-2-4-10-8(12)7-11/h2-7H2,1H3,(H,10,12). The van der Waals surface area contributed by atoms with Crippen LogP contribution in [0.3, 0.4) is 0 Å². The van der Waals surface area contributed by atoms with Gasteiger partial charge in [0.2, 0.25) is 5.91 Å². The quantitative estimate of drug-likeness (QED) is 0.616. The predicted octanol–water partition coefficient (Wildman–Crippen LogP) is -0.629. The van der Waals surface area contributed by atoms with Crippen molar-refractivity contribution in [3.63, 3.8) is 0 Å². The van der Waals surface area contributed by atoms with Gasteiger partial charge in [-0.3, -0.25) is 14.5 Å². The summed E-state index contributed by atoms with van der Waals surface area (Å²) in [6, 6.07) is 0. The highest BCUT2D eigenvalue weighted by atomic mass is 16.5. The molecule has 1 amide bonds. The molecular weight excluding hydrogens is 184 g/mol. The first kappa shape index (κ1) is 11.0. The molecule has 5 heteroatoms. The molecule has 14 heavy (non-hydrogen) atoms. The van der Waals surface area contributed by atoms with Crippen molar-refractivity contribution >= 4 is 11.9 Å². The number of carbonyl (C=O) groups is 2. The molecular formula is C9H16N2O3. The summed E-state index contributed by atoms with van der Waals surface area (Å²) in [6.07, 6.45) is 1.29. The maximum Gasteiger partial charge on any atom is 0.306 e. The van der Waals surface area contributed by atoms with Crippen LogP contribution in [0, 0.1) is 0 Å². The van der Waals surface area contributed by atoms with Gasteiger partial charge in [-0.25, -0.2) is 0 Å². The van der Waals surface area contributed by atoms with Crippen molar-refractivity contribution in [3.8, 4) is 0 Å². The molecule has 1 saturated heterocycles. The Hall–Kier alpha value is -1.10. The Balaban J connectivity index is 2.28. The SMILES string of the molecule is COC(=O)CCN1CCCNC(=O)C1. The molecule has 5 nitrogen and oxygen atoms in total. The molecule has 1 aliphatic rings. The average molecular weight is 200 g/mol. The maximum atomic E-state index is 11.1. The molecule has 0 aromatic heterocycles. The van der Waals surface area contributed by atoms with Crippen molar-refractivity contribution in [3.05, 3.63) is 0 Å². The van der Waals surface area contributed by atoms with E-state index in [1.807, 2.05) is 4.90 Å². The van der Waals surface area contributed by atoms with E-state index in [9.17, 15) is 9.59 Å². The second-order valence-electron chi connectivity index (χ2n) is 3.31.